The van der Waals surface area contributed by atoms with Crippen molar-refractivity contribution >= 4 is 0 Å². The van der Waals surface area contributed by atoms with Crippen LogP contribution in [0.4, 0.5) is 0 Å². The van der Waals surface area contributed by atoms with E-state index in [9.17, 15) is 0 Å². The third-order valence-corrected chi connectivity index (χ3v) is 7.60. The molecule has 0 spiro atoms. The Balaban J connectivity index is 2.31. The maximum Gasteiger partial charge on any atom is -0.0324 e. The van der Waals surface area contributed by atoms with Crippen LogP contribution in [0.15, 0.2) is 0 Å². The second-order valence-electron chi connectivity index (χ2n) is 8.20. The van der Waals surface area contributed by atoms with Gasteiger partial charge in [0, 0.05) is 0 Å². The van der Waals surface area contributed by atoms with E-state index in [2.05, 4.69) is 48.5 Å². The number of rotatable bonds is 2. The molecule has 112 valence electrons. The summed E-state index contributed by atoms with van der Waals surface area (Å²) in [4.78, 5) is 0. The van der Waals surface area contributed by atoms with Gasteiger partial charge in [-0.15, -0.1) is 0 Å². The number of hydrogen-bond acceptors (Lipinski definition) is 0. The molecule has 2 rings (SSSR count). The van der Waals surface area contributed by atoms with Crippen LogP contribution in [0.25, 0.3) is 0 Å². The van der Waals surface area contributed by atoms with Crippen LogP contribution in [-0.4, -0.2) is 0 Å². The lowest BCUT2D eigenvalue weighted by Crippen LogP contribution is -2.28. The second kappa shape index (κ2) is 5.78. The minimum atomic E-state index is 0.904. The molecule has 0 amide bonds. The Bertz CT molecular complexity index is 294. The Morgan fingerprint density at radius 3 is 1.95 bits per heavy atom. The third kappa shape index (κ3) is 2.49. The average Bonchev–Trinajstić information content (AvgIpc) is 2.57. The van der Waals surface area contributed by atoms with Crippen molar-refractivity contribution in [3.63, 3.8) is 0 Å². The molecule has 0 nitrogen and oxygen atoms in total. The molecule has 0 heterocycles. The fraction of sp³-hybridized carbons (Fsp3) is 1.00. The average molecular weight is 264 g/mol. The fourth-order valence-electron chi connectivity index (χ4n) is 5.73. The smallest absolute Gasteiger partial charge is 0.0324 e. The molecule has 2 aliphatic rings. The summed E-state index contributed by atoms with van der Waals surface area (Å²) in [6.07, 6.45) is 4.33. The molecule has 0 radical (unpaired) electrons. The molecule has 0 bridgehead atoms. The van der Waals surface area contributed by atoms with Gasteiger partial charge in [0.15, 0.2) is 0 Å². The molecule has 0 saturated heterocycles. The summed E-state index contributed by atoms with van der Waals surface area (Å²) >= 11 is 0. The Kier molecular flexibility index (Phi) is 4.68. The highest BCUT2D eigenvalue weighted by Gasteiger charge is 2.51. The molecular formula is C19H36. The zero-order chi connectivity index (χ0) is 14.3. The normalized spacial score (nSPS) is 54.8. The van der Waals surface area contributed by atoms with Gasteiger partial charge in [-0.3, -0.25) is 0 Å². The first-order chi connectivity index (χ1) is 8.90. The molecule has 0 aromatic carbocycles. The van der Waals surface area contributed by atoms with E-state index in [1.807, 2.05) is 0 Å². The summed E-state index contributed by atoms with van der Waals surface area (Å²) in [6.45, 7) is 17.6. The summed E-state index contributed by atoms with van der Waals surface area (Å²) in [6, 6.07) is 0. The van der Waals surface area contributed by atoms with Gasteiger partial charge in [-0.05, 0) is 59.7 Å². The predicted molar refractivity (Wildman–Crippen MR) is 85.0 cm³/mol. The van der Waals surface area contributed by atoms with Crippen molar-refractivity contribution in [3.8, 4) is 0 Å². The quantitative estimate of drug-likeness (QED) is 0.585. The maximum atomic E-state index is 2.57. The molecule has 0 heteroatoms. The van der Waals surface area contributed by atoms with Gasteiger partial charge < -0.3 is 0 Å². The molecule has 0 aliphatic heterocycles. The summed E-state index contributed by atoms with van der Waals surface area (Å²) in [7, 11) is 0. The Labute approximate surface area is 121 Å². The molecule has 0 aromatic rings. The molecule has 2 fully saturated rings. The monoisotopic (exact) mass is 264 g/mol. The Morgan fingerprint density at radius 2 is 1.37 bits per heavy atom. The van der Waals surface area contributed by atoms with Crippen LogP contribution < -0.4 is 0 Å². The van der Waals surface area contributed by atoms with Crippen LogP contribution in [0.2, 0.25) is 0 Å². The lowest BCUT2D eigenvalue weighted by molar-refractivity contribution is 0.142. The van der Waals surface area contributed by atoms with E-state index in [4.69, 9.17) is 0 Å². The van der Waals surface area contributed by atoms with E-state index in [-0.39, 0.29) is 0 Å². The van der Waals surface area contributed by atoms with Crippen LogP contribution in [0.3, 0.4) is 0 Å². The third-order valence-electron chi connectivity index (χ3n) is 7.60. The first-order valence-electron chi connectivity index (χ1n) is 8.90. The van der Waals surface area contributed by atoms with Crippen molar-refractivity contribution in [1.82, 2.24) is 0 Å². The van der Waals surface area contributed by atoms with Crippen molar-refractivity contribution in [2.75, 3.05) is 0 Å². The van der Waals surface area contributed by atoms with Crippen LogP contribution in [0.5, 0.6) is 0 Å². The van der Waals surface area contributed by atoms with Crippen LogP contribution >= 0.6 is 0 Å². The second-order valence-corrected chi connectivity index (χ2v) is 8.20. The summed E-state index contributed by atoms with van der Waals surface area (Å²) in [5.74, 6) is 8.56. The first-order valence-corrected chi connectivity index (χ1v) is 8.90. The molecule has 19 heavy (non-hydrogen) atoms. The van der Waals surface area contributed by atoms with Gasteiger partial charge in [0.05, 0.1) is 0 Å². The minimum absolute atomic E-state index is 0.904. The van der Waals surface area contributed by atoms with Crippen LogP contribution in [0, 0.1) is 53.3 Å². The van der Waals surface area contributed by atoms with Crippen molar-refractivity contribution in [3.05, 3.63) is 0 Å². The van der Waals surface area contributed by atoms with E-state index in [1.165, 1.54) is 19.3 Å². The van der Waals surface area contributed by atoms with Crippen molar-refractivity contribution in [1.29, 1.82) is 0 Å². The molecular weight excluding hydrogens is 228 g/mol. The highest BCUT2D eigenvalue weighted by atomic mass is 14.6. The zero-order valence-corrected chi connectivity index (χ0v) is 14.3. The van der Waals surface area contributed by atoms with Gasteiger partial charge >= 0.3 is 0 Å². The summed E-state index contributed by atoms with van der Waals surface area (Å²) < 4.78 is 0. The molecule has 0 N–H and O–H groups in total. The van der Waals surface area contributed by atoms with E-state index < -0.39 is 0 Å². The fourth-order valence-corrected chi connectivity index (χ4v) is 5.73. The Hall–Kier alpha value is 0. The Morgan fingerprint density at radius 1 is 0.737 bits per heavy atom. The van der Waals surface area contributed by atoms with E-state index in [1.54, 1.807) is 0 Å². The highest BCUT2D eigenvalue weighted by Crippen LogP contribution is 2.57. The highest BCUT2D eigenvalue weighted by molar-refractivity contribution is 4.99. The SMILES string of the molecule is CCCC1C(C)C(C)C2CC(C)C(C)C(C)C(C)C12. The molecule has 9 unspecified atom stereocenters. The van der Waals surface area contributed by atoms with Crippen LogP contribution in [0.1, 0.15) is 67.7 Å². The van der Waals surface area contributed by atoms with Gasteiger partial charge in [0.25, 0.3) is 0 Å². The van der Waals surface area contributed by atoms with Crippen molar-refractivity contribution in [2.24, 2.45) is 53.3 Å². The van der Waals surface area contributed by atoms with Gasteiger partial charge in [-0.1, -0.05) is 61.3 Å². The molecule has 2 saturated carbocycles. The molecule has 9 atom stereocenters. The first kappa shape index (κ1) is 15.4. The van der Waals surface area contributed by atoms with Gasteiger partial charge in [-0.25, -0.2) is 0 Å². The lowest BCUT2D eigenvalue weighted by Gasteiger charge is -2.34. The van der Waals surface area contributed by atoms with E-state index >= 15 is 0 Å². The minimum Gasteiger partial charge on any atom is -0.0654 e. The predicted octanol–water partition coefficient (Wildman–Crippen LogP) is 5.87. The number of fused-ring (bicyclic) bond motifs is 1. The van der Waals surface area contributed by atoms with Gasteiger partial charge in [-0.2, -0.15) is 0 Å². The van der Waals surface area contributed by atoms with Gasteiger partial charge in [0.2, 0.25) is 0 Å². The maximum absolute atomic E-state index is 2.57. The largest absolute Gasteiger partial charge is 0.0654 e. The van der Waals surface area contributed by atoms with Crippen molar-refractivity contribution in [2.45, 2.75) is 67.7 Å². The zero-order valence-electron chi connectivity index (χ0n) is 14.3. The van der Waals surface area contributed by atoms with E-state index in [0.29, 0.717) is 0 Å². The van der Waals surface area contributed by atoms with Crippen LogP contribution in [-0.2, 0) is 0 Å². The van der Waals surface area contributed by atoms with E-state index in [0.717, 1.165) is 53.3 Å². The number of hydrogen-bond donors (Lipinski definition) is 0. The standard InChI is InChI=1S/C19H36/c1-8-9-17-14(5)15(6)18-10-11(2)12(3)13(4)16(7)19(17)18/h11-19H,8-10H2,1-7H3. The summed E-state index contributed by atoms with van der Waals surface area (Å²) in [5, 5.41) is 0. The molecule has 2 aliphatic carbocycles. The van der Waals surface area contributed by atoms with Crippen molar-refractivity contribution < 1.29 is 0 Å². The topological polar surface area (TPSA) is 0 Å². The summed E-state index contributed by atoms with van der Waals surface area (Å²) in [5.41, 5.74) is 0. The lowest BCUT2D eigenvalue weighted by atomic mass is 9.71. The van der Waals surface area contributed by atoms with Gasteiger partial charge in [0.1, 0.15) is 0 Å². The molecule has 0 aromatic heterocycles.